The van der Waals surface area contributed by atoms with Crippen LogP contribution in [0.15, 0.2) is 29.1 Å². The highest BCUT2D eigenvalue weighted by Crippen LogP contribution is 2.30. The van der Waals surface area contributed by atoms with Gasteiger partial charge >= 0.3 is 0 Å². The van der Waals surface area contributed by atoms with Crippen molar-refractivity contribution >= 4 is 0 Å². The molecule has 3 heteroatoms. The van der Waals surface area contributed by atoms with Crippen LogP contribution >= 0.6 is 0 Å². The number of hydrogen-bond acceptors (Lipinski definition) is 2. The predicted octanol–water partition coefficient (Wildman–Crippen LogP) is 2.23. The van der Waals surface area contributed by atoms with Crippen molar-refractivity contribution in [2.75, 3.05) is 0 Å². The lowest BCUT2D eigenvalue weighted by molar-refractivity contribution is 0.826. The number of aryl methyl sites for hydroxylation is 3. The van der Waals surface area contributed by atoms with Crippen molar-refractivity contribution in [1.82, 2.24) is 10.2 Å². The highest BCUT2D eigenvalue weighted by atomic mass is 16.1. The van der Waals surface area contributed by atoms with Crippen molar-refractivity contribution in [3.8, 4) is 11.3 Å². The molecule has 1 aromatic heterocycles. The molecule has 17 heavy (non-hydrogen) atoms. The van der Waals surface area contributed by atoms with Gasteiger partial charge in [0.1, 0.15) is 0 Å². The molecule has 1 heterocycles. The minimum absolute atomic E-state index is 0.111. The second-order valence-corrected chi connectivity index (χ2v) is 4.62. The van der Waals surface area contributed by atoms with Gasteiger partial charge in [-0.2, -0.15) is 5.10 Å². The molecule has 0 saturated heterocycles. The number of nitrogens with one attached hydrogen (secondary N) is 1. The monoisotopic (exact) mass is 226 g/mol. The van der Waals surface area contributed by atoms with Crippen LogP contribution in [0.2, 0.25) is 0 Å². The number of benzene rings is 1. The standard InChI is InChI=1S/C14H14N2O/c1-9-5-6-10-3-2-4-11-8-13(17)15-16-14(11)12(10)7-9/h5-8H,2-4H2,1H3,(H,15,17). The Balaban J connectivity index is 2.30. The van der Waals surface area contributed by atoms with Crippen molar-refractivity contribution < 1.29 is 0 Å². The number of rotatable bonds is 0. The SMILES string of the molecule is Cc1ccc2c(c1)-c1n[nH]c(=O)cc1CCC2. The van der Waals surface area contributed by atoms with E-state index in [4.69, 9.17) is 0 Å². The van der Waals surface area contributed by atoms with Crippen LogP contribution in [-0.4, -0.2) is 10.2 Å². The molecule has 0 bridgehead atoms. The lowest BCUT2D eigenvalue weighted by atomic mass is 10.00. The summed E-state index contributed by atoms with van der Waals surface area (Å²) in [7, 11) is 0. The first-order valence-electron chi connectivity index (χ1n) is 5.92. The van der Waals surface area contributed by atoms with E-state index in [0.29, 0.717) is 0 Å². The molecule has 3 rings (SSSR count). The fourth-order valence-corrected chi connectivity index (χ4v) is 2.46. The Labute approximate surface area is 99.5 Å². The Morgan fingerprint density at radius 1 is 1.18 bits per heavy atom. The van der Waals surface area contributed by atoms with Crippen LogP contribution in [0.25, 0.3) is 11.3 Å². The summed E-state index contributed by atoms with van der Waals surface area (Å²) in [6.45, 7) is 2.08. The van der Waals surface area contributed by atoms with Crippen molar-refractivity contribution in [1.29, 1.82) is 0 Å². The van der Waals surface area contributed by atoms with E-state index in [-0.39, 0.29) is 5.56 Å². The van der Waals surface area contributed by atoms with Gasteiger partial charge in [-0.1, -0.05) is 17.7 Å². The Hall–Kier alpha value is -1.90. The summed E-state index contributed by atoms with van der Waals surface area (Å²) in [5.74, 6) is 0. The molecule has 0 unspecified atom stereocenters. The Kier molecular flexibility index (Phi) is 2.32. The molecule has 0 atom stereocenters. The number of H-pyrrole nitrogens is 1. The topological polar surface area (TPSA) is 45.8 Å². The Bertz CT molecular complexity index is 628. The lowest BCUT2D eigenvalue weighted by Gasteiger charge is -2.08. The number of nitrogens with zero attached hydrogens (tertiary/aromatic N) is 1. The van der Waals surface area contributed by atoms with Gasteiger partial charge in [-0.25, -0.2) is 5.10 Å². The molecule has 0 radical (unpaired) electrons. The third-order valence-corrected chi connectivity index (χ3v) is 3.30. The molecule has 0 fully saturated rings. The summed E-state index contributed by atoms with van der Waals surface area (Å²) in [6.07, 6.45) is 3.06. The van der Waals surface area contributed by atoms with Crippen LogP contribution in [0.3, 0.4) is 0 Å². The van der Waals surface area contributed by atoms with E-state index in [2.05, 4.69) is 35.3 Å². The zero-order valence-corrected chi connectivity index (χ0v) is 9.79. The minimum Gasteiger partial charge on any atom is -0.268 e. The molecule has 1 N–H and O–H groups in total. The quantitative estimate of drug-likeness (QED) is 0.748. The highest BCUT2D eigenvalue weighted by molar-refractivity contribution is 5.68. The van der Waals surface area contributed by atoms with Gasteiger partial charge in [0.05, 0.1) is 5.69 Å². The van der Waals surface area contributed by atoms with E-state index in [1.54, 1.807) is 6.07 Å². The van der Waals surface area contributed by atoms with E-state index in [1.807, 2.05) is 0 Å². The van der Waals surface area contributed by atoms with Gasteiger partial charge in [-0.3, -0.25) is 4.79 Å². The first-order chi connectivity index (χ1) is 8.24. The first-order valence-corrected chi connectivity index (χ1v) is 5.92. The van der Waals surface area contributed by atoms with Gasteiger partial charge in [0.15, 0.2) is 0 Å². The van der Waals surface area contributed by atoms with Crippen LogP contribution in [0, 0.1) is 6.92 Å². The summed E-state index contributed by atoms with van der Waals surface area (Å²) < 4.78 is 0. The molecule has 1 aromatic carbocycles. The molecule has 1 aliphatic rings. The van der Waals surface area contributed by atoms with Gasteiger partial charge in [-0.05, 0) is 43.4 Å². The van der Waals surface area contributed by atoms with Crippen LogP contribution in [0.5, 0.6) is 0 Å². The maximum Gasteiger partial charge on any atom is 0.264 e. The Morgan fingerprint density at radius 2 is 2.00 bits per heavy atom. The van der Waals surface area contributed by atoms with E-state index >= 15 is 0 Å². The fourth-order valence-electron chi connectivity index (χ4n) is 2.46. The molecule has 3 nitrogen and oxygen atoms in total. The van der Waals surface area contributed by atoms with Crippen LogP contribution < -0.4 is 5.56 Å². The summed E-state index contributed by atoms with van der Waals surface area (Å²) in [5, 5.41) is 6.77. The van der Waals surface area contributed by atoms with Crippen LogP contribution in [0.1, 0.15) is 23.1 Å². The molecular weight excluding hydrogens is 212 g/mol. The largest absolute Gasteiger partial charge is 0.268 e. The second kappa shape index (κ2) is 3.84. The smallest absolute Gasteiger partial charge is 0.264 e. The Morgan fingerprint density at radius 3 is 2.88 bits per heavy atom. The summed E-state index contributed by atoms with van der Waals surface area (Å²) >= 11 is 0. The summed E-state index contributed by atoms with van der Waals surface area (Å²) in [6, 6.07) is 8.15. The van der Waals surface area contributed by atoms with Gasteiger partial charge < -0.3 is 0 Å². The van der Waals surface area contributed by atoms with E-state index in [9.17, 15) is 4.79 Å². The molecule has 0 saturated carbocycles. The predicted molar refractivity (Wildman–Crippen MR) is 67.1 cm³/mol. The third-order valence-electron chi connectivity index (χ3n) is 3.30. The highest BCUT2D eigenvalue weighted by Gasteiger charge is 2.16. The molecule has 1 aliphatic carbocycles. The number of aromatic amines is 1. The maximum absolute atomic E-state index is 11.3. The zero-order valence-electron chi connectivity index (χ0n) is 9.79. The normalized spacial score (nSPS) is 13.7. The van der Waals surface area contributed by atoms with Crippen LogP contribution in [-0.2, 0) is 12.8 Å². The first kappa shape index (κ1) is 10.3. The van der Waals surface area contributed by atoms with Gasteiger partial charge in [-0.15, -0.1) is 0 Å². The number of fused-ring (bicyclic) bond motifs is 3. The van der Waals surface area contributed by atoms with Gasteiger partial charge in [0.25, 0.3) is 5.56 Å². The molecule has 0 amide bonds. The minimum atomic E-state index is -0.111. The lowest BCUT2D eigenvalue weighted by Crippen LogP contribution is -2.09. The fraction of sp³-hybridized carbons (Fsp3) is 0.286. The van der Waals surface area contributed by atoms with Crippen LogP contribution in [0.4, 0.5) is 0 Å². The third kappa shape index (κ3) is 1.78. The van der Waals surface area contributed by atoms with E-state index in [0.717, 1.165) is 30.5 Å². The second-order valence-electron chi connectivity index (χ2n) is 4.62. The van der Waals surface area contributed by atoms with Crippen molar-refractivity contribution in [2.45, 2.75) is 26.2 Å². The molecule has 0 aliphatic heterocycles. The van der Waals surface area contributed by atoms with Crippen molar-refractivity contribution in [3.63, 3.8) is 0 Å². The van der Waals surface area contributed by atoms with Gasteiger partial charge in [0, 0.05) is 11.6 Å². The number of aromatic nitrogens is 2. The molecule has 2 aromatic rings. The van der Waals surface area contributed by atoms with Gasteiger partial charge in [0.2, 0.25) is 0 Å². The average Bonchev–Trinajstić information content (AvgIpc) is 2.47. The van der Waals surface area contributed by atoms with E-state index in [1.165, 1.54) is 16.7 Å². The average molecular weight is 226 g/mol. The molecule has 86 valence electrons. The zero-order chi connectivity index (χ0) is 11.8. The number of hydrogen-bond donors (Lipinski definition) is 1. The molecular formula is C14H14N2O. The summed E-state index contributed by atoms with van der Waals surface area (Å²) in [4.78, 5) is 11.3. The molecule has 0 spiro atoms. The van der Waals surface area contributed by atoms with E-state index < -0.39 is 0 Å². The van der Waals surface area contributed by atoms with Crippen molar-refractivity contribution in [3.05, 3.63) is 51.3 Å². The van der Waals surface area contributed by atoms with Crippen molar-refractivity contribution in [2.24, 2.45) is 0 Å². The maximum atomic E-state index is 11.3. The summed E-state index contributed by atoms with van der Waals surface area (Å²) in [5.41, 5.74) is 5.63.